The van der Waals surface area contributed by atoms with Crippen molar-refractivity contribution in [3.05, 3.63) is 121 Å². The quantitative estimate of drug-likeness (QED) is 0.298. The van der Waals surface area contributed by atoms with Crippen LogP contribution in [0.25, 0.3) is 0 Å². The summed E-state index contributed by atoms with van der Waals surface area (Å²) < 4.78 is 0. The summed E-state index contributed by atoms with van der Waals surface area (Å²) >= 11 is 0. The topological polar surface area (TPSA) is 0 Å². The van der Waals surface area contributed by atoms with Gasteiger partial charge in [-0.25, -0.2) is 0 Å². The van der Waals surface area contributed by atoms with Crippen LogP contribution in [0.3, 0.4) is 0 Å². The Kier molecular flexibility index (Phi) is 7.98. The van der Waals surface area contributed by atoms with Crippen molar-refractivity contribution in [1.29, 1.82) is 0 Å². The average molecular weight is 500 g/mol. The standard InChI is InChI=1S/C24H20P.2BrH/c1-5-13-21(14-6-1)25(22-15-7-2-8-16-22,23-17-9-3-10-18-23)24-19-11-4-12-20-24;;/h1-20H;2*1H/q+1;;/p-1. The maximum absolute atomic E-state index is 2.28. The second-order valence-electron chi connectivity index (χ2n) is 6.01. The molecule has 0 atom stereocenters. The highest BCUT2D eigenvalue weighted by molar-refractivity contribution is 8.01. The normalized spacial score (nSPS) is 10.4. The molecule has 0 amide bonds. The number of benzene rings is 4. The van der Waals surface area contributed by atoms with Crippen LogP contribution >= 0.6 is 7.26 Å². The van der Waals surface area contributed by atoms with Crippen molar-refractivity contribution >= 4 is 28.5 Å². The minimum Gasteiger partial charge on any atom is -1.00 e. The predicted octanol–water partition coefficient (Wildman–Crippen LogP) is -1.57. The van der Waals surface area contributed by atoms with Crippen LogP contribution in [0.2, 0.25) is 0 Å². The molecule has 0 radical (unpaired) electrons. The van der Waals surface area contributed by atoms with E-state index in [0.29, 0.717) is 0 Å². The van der Waals surface area contributed by atoms with Crippen molar-refractivity contribution in [3.63, 3.8) is 0 Å². The second kappa shape index (κ2) is 9.99. The molecule has 0 unspecified atom stereocenters. The first-order valence-electron chi connectivity index (χ1n) is 8.54. The Labute approximate surface area is 184 Å². The molecule has 0 aromatic heterocycles. The van der Waals surface area contributed by atoms with Crippen LogP contribution in [0.1, 0.15) is 1.43 Å². The lowest BCUT2D eigenvalue weighted by Crippen LogP contribution is -3.00. The number of rotatable bonds is 4. The van der Waals surface area contributed by atoms with E-state index in [9.17, 15) is 0 Å². The van der Waals surface area contributed by atoms with Gasteiger partial charge in [0.2, 0.25) is 0 Å². The Morgan fingerprint density at radius 3 is 0.704 bits per heavy atom. The molecule has 0 bridgehead atoms. The van der Waals surface area contributed by atoms with Gasteiger partial charge in [0.25, 0.3) is 0 Å². The van der Waals surface area contributed by atoms with E-state index >= 15 is 0 Å². The average Bonchev–Trinajstić information content (AvgIpc) is 2.72. The van der Waals surface area contributed by atoms with Gasteiger partial charge in [-0.2, -0.15) is 0 Å². The maximum Gasteiger partial charge on any atom is 1.00 e. The van der Waals surface area contributed by atoms with Gasteiger partial charge in [-0.05, 0) is 48.5 Å². The van der Waals surface area contributed by atoms with E-state index < -0.39 is 7.26 Å². The molecule has 4 aromatic rings. The van der Waals surface area contributed by atoms with Gasteiger partial charge in [0.05, 0.1) is 0 Å². The molecular weight excluding hydrogens is 479 g/mol. The summed E-state index contributed by atoms with van der Waals surface area (Å²) in [6.07, 6.45) is 0. The third-order valence-corrected chi connectivity index (χ3v) is 8.86. The zero-order valence-electron chi connectivity index (χ0n) is 15.8. The lowest BCUT2D eigenvalue weighted by molar-refractivity contribution is -0.00100. The van der Waals surface area contributed by atoms with E-state index in [0.717, 1.165) is 0 Å². The van der Waals surface area contributed by atoms with Crippen molar-refractivity contribution in [1.82, 2.24) is 0 Å². The second-order valence-corrected chi connectivity index (χ2v) is 9.42. The van der Waals surface area contributed by atoms with Gasteiger partial charge >= 0.3 is 1.43 Å². The number of hydrogen-bond donors (Lipinski definition) is 0. The van der Waals surface area contributed by atoms with Crippen molar-refractivity contribution in [2.45, 2.75) is 0 Å². The van der Waals surface area contributed by atoms with Crippen molar-refractivity contribution in [2.24, 2.45) is 0 Å². The summed E-state index contributed by atoms with van der Waals surface area (Å²) in [7, 11) is -1.91. The fraction of sp³-hybridized carbons (Fsp3) is 0. The van der Waals surface area contributed by atoms with Gasteiger partial charge < -0.3 is 34.0 Å². The maximum atomic E-state index is 2.28. The molecule has 0 aliphatic carbocycles. The minimum atomic E-state index is -1.91. The SMILES string of the molecule is [Br-].[Br-].[H+].c1ccc([P+](c2ccccc2)(c2ccccc2)c2ccccc2)cc1. The van der Waals surface area contributed by atoms with Crippen LogP contribution in [-0.4, -0.2) is 0 Å². The molecule has 0 aliphatic heterocycles. The van der Waals surface area contributed by atoms with Crippen LogP contribution in [0, 0.1) is 0 Å². The molecule has 3 heteroatoms. The molecule has 0 heterocycles. The Balaban J connectivity index is 0.00000131. The third-order valence-electron chi connectivity index (χ3n) is 4.57. The van der Waals surface area contributed by atoms with Gasteiger partial charge in [-0.15, -0.1) is 0 Å². The van der Waals surface area contributed by atoms with Crippen LogP contribution in [0.15, 0.2) is 121 Å². The minimum absolute atomic E-state index is 0. The summed E-state index contributed by atoms with van der Waals surface area (Å²) in [6.45, 7) is 0. The molecule has 0 nitrogen and oxygen atoms in total. The smallest absolute Gasteiger partial charge is 1.00 e. The first-order chi connectivity index (χ1) is 12.4. The van der Waals surface area contributed by atoms with Gasteiger partial charge in [0.1, 0.15) is 28.5 Å². The Morgan fingerprint density at radius 2 is 0.519 bits per heavy atom. The molecule has 0 saturated carbocycles. The van der Waals surface area contributed by atoms with E-state index in [-0.39, 0.29) is 35.4 Å². The van der Waals surface area contributed by atoms with Gasteiger partial charge in [-0.3, -0.25) is 0 Å². The van der Waals surface area contributed by atoms with E-state index in [2.05, 4.69) is 121 Å². The van der Waals surface area contributed by atoms with E-state index in [4.69, 9.17) is 0 Å². The van der Waals surface area contributed by atoms with Crippen LogP contribution < -0.4 is 55.2 Å². The molecule has 4 rings (SSSR count). The molecule has 0 spiro atoms. The highest BCUT2D eigenvalue weighted by atomic mass is 79.9. The summed E-state index contributed by atoms with van der Waals surface area (Å²) in [5, 5.41) is 5.55. The monoisotopic (exact) mass is 498 g/mol. The Morgan fingerprint density at radius 1 is 0.333 bits per heavy atom. The van der Waals surface area contributed by atoms with Crippen molar-refractivity contribution < 1.29 is 35.4 Å². The molecule has 0 saturated heterocycles. The fourth-order valence-electron chi connectivity index (χ4n) is 3.50. The molecule has 27 heavy (non-hydrogen) atoms. The summed E-state index contributed by atoms with van der Waals surface area (Å²) in [5.41, 5.74) is 0. The van der Waals surface area contributed by atoms with E-state index in [1.54, 1.807) is 0 Å². The molecule has 136 valence electrons. The lowest BCUT2D eigenvalue weighted by atomic mass is 10.3. The number of hydrogen-bond acceptors (Lipinski definition) is 0. The molecule has 0 aliphatic rings. The molecule has 0 fully saturated rings. The van der Waals surface area contributed by atoms with Crippen molar-refractivity contribution in [2.75, 3.05) is 0 Å². The highest BCUT2D eigenvalue weighted by Gasteiger charge is 2.47. The molecular formula is C24H21Br2P. The highest BCUT2D eigenvalue weighted by Crippen LogP contribution is 2.53. The van der Waals surface area contributed by atoms with Crippen molar-refractivity contribution in [3.8, 4) is 0 Å². The zero-order chi connectivity index (χ0) is 17.0. The molecule has 4 aromatic carbocycles. The van der Waals surface area contributed by atoms with E-state index in [1.165, 1.54) is 21.2 Å². The van der Waals surface area contributed by atoms with Crippen LogP contribution in [0.5, 0.6) is 0 Å². The van der Waals surface area contributed by atoms with Gasteiger partial charge in [-0.1, -0.05) is 72.8 Å². The summed E-state index contributed by atoms with van der Waals surface area (Å²) in [4.78, 5) is 0. The fourth-order valence-corrected chi connectivity index (χ4v) is 7.77. The third kappa shape index (κ3) is 4.09. The first-order valence-corrected chi connectivity index (χ1v) is 10.3. The first kappa shape index (κ1) is 21.6. The largest absolute Gasteiger partial charge is 1.00 e. The Bertz CT molecular complexity index is 770. The van der Waals surface area contributed by atoms with Crippen LogP contribution in [-0.2, 0) is 0 Å². The lowest BCUT2D eigenvalue weighted by Gasteiger charge is -2.27. The Hall–Kier alpha value is -1.73. The van der Waals surface area contributed by atoms with E-state index in [1.807, 2.05) is 0 Å². The predicted molar refractivity (Wildman–Crippen MR) is 112 cm³/mol. The zero-order valence-corrected chi connectivity index (χ0v) is 18.8. The summed E-state index contributed by atoms with van der Waals surface area (Å²) in [6, 6.07) is 43.8. The summed E-state index contributed by atoms with van der Waals surface area (Å²) in [5.74, 6) is 0. The van der Waals surface area contributed by atoms with Gasteiger partial charge in [0.15, 0.2) is 0 Å². The number of halogens is 2. The molecule has 0 N–H and O–H groups in total. The van der Waals surface area contributed by atoms with Crippen LogP contribution in [0.4, 0.5) is 0 Å². The van der Waals surface area contributed by atoms with Gasteiger partial charge in [0, 0.05) is 0 Å².